The van der Waals surface area contributed by atoms with Crippen LogP contribution in [-0.2, 0) is 32.7 Å². The maximum absolute atomic E-state index is 12.9. The Morgan fingerprint density at radius 1 is 0.410 bits per heavy atom. The summed E-state index contributed by atoms with van der Waals surface area (Å²) >= 11 is 0. The largest absolute Gasteiger partial charge is 0.472 e. The van der Waals surface area contributed by atoms with Gasteiger partial charge in [-0.2, -0.15) is 0 Å². The number of ether oxygens (including phenoxy) is 2. The number of likely N-dealkylation sites (N-methyl/N-ethyl adjacent to an activating group) is 1. The van der Waals surface area contributed by atoms with E-state index in [4.69, 9.17) is 18.5 Å². The number of phosphoric acid groups is 1. The third-order valence-electron chi connectivity index (χ3n) is 14.2. The number of phosphoric ester groups is 1. The monoisotopic (exact) mass is 1110 g/mol. The molecule has 0 aromatic heterocycles. The van der Waals surface area contributed by atoms with Gasteiger partial charge in [0, 0.05) is 12.8 Å². The Labute approximate surface area is 482 Å². The van der Waals surface area contributed by atoms with Gasteiger partial charge in [-0.1, -0.05) is 273 Å². The van der Waals surface area contributed by atoms with Crippen LogP contribution in [0.25, 0.3) is 0 Å². The molecule has 10 heteroatoms. The van der Waals surface area contributed by atoms with Gasteiger partial charge in [0.2, 0.25) is 0 Å². The highest BCUT2D eigenvalue weighted by molar-refractivity contribution is 7.47. The van der Waals surface area contributed by atoms with Crippen LogP contribution in [0.3, 0.4) is 0 Å². The lowest BCUT2D eigenvalue weighted by molar-refractivity contribution is -0.870. The molecule has 454 valence electrons. The van der Waals surface area contributed by atoms with Gasteiger partial charge < -0.3 is 18.9 Å². The quantitative estimate of drug-likeness (QED) is 0.0211. The highest BCUT2D eigenvalue weighted by atomic mass is 31.2. The molecule has 9 nitrogen and oxygen atoms in total. The van der Waals surface area contributed by atoms with E-state index < -0.39 is 26.5 Å². The Kier molecular flexibility index (Phi) is 57.2. The van der Waals surface area contributed by atoms with Gasteiger partial charge in [0.1, 0.15) is 19.8 Å². The van der Waals surface area contributed by atoms with Crippen molar-refractivity contribution in [2.75, 3.05) is 47.5 Å². The lowest BCUT2D eigenvalue weighted by Gasteiger charge is -2.24. The summed E-state index contributed by atoms with van der Waals surface area (Å²) in [6, 6.07) is 0. The lowest BCUT2D eigenvalue weighted by Crippen LogP contribution is -2.37. The Morgan fingerprint density at radius 3 is 1.10 bits per heavy atom. The van der Waals surface area contributed by atoms with E-state index in [0.29, 0.717) is 17.4 Å². The fraction of sp³-hybridized carbons (Fsp3) is 0.794. The summed E-state index contributed by atoms with van der Waals surface area (Å²) < 4.78 is 34.7. The molecule has 0 aromatic carbocycles. The number of esters is 2. The first-order valence-corrected chi connectivity index (χ1v) is 34.2. The second-order valence-electron chi connectivity index (χ2n) is 23.1. The van der Waals surface area contributed by atoms with E-state index in [1.807, 2.05) is 21.1 Å². The lowest BCUT2D eigenvalue weighted by atomic mass is 10.0. The fourth-order valence-corrected chi connectivity index (χ4v) is 9.96. The average Bonchev–Trinajstić information content (AvgIpc) is 3.40. The highest BCUT2D eigenvalue weighted by Gasteiger charge is 2.27. The van der Waals surface area contributed by atoms with Gasteiger partial charge in [-0.05, 0) is 83.5 Å². The van der Waals surface area contributed by atoms with Gasteiger partial charge >= 0.3 is 19.8 Å². The van der Waals surface area contributed by atoms with Crippen molar-refractivity contribution in [2.24, 2.45) is 0 Å². The standard InChI is InChI=1S/C68H124NO8P/c1-6-8-10-12-14-16-18-20-22-24-26-28-30-31-32-33-34-35-36-37-39-41-43-45-47-49-51-53-55-57-59-61-68(71)77-66(65-76-78(72,73)75-63-62-69(3,4)5)64-74-67(70)60-58-56-54-52-50-48-46-44-42-40-38-29-27-25-23-21-19-17-15-13-11-9-7-2/h8,10,14,16,20,22,25-28,31-32,66H,6-7,9,11-13,15,17-19,21,23-24,29-30,33-65H2,1-5H3/p+1/b10-8-,16-14-,22-20-,27-25-,28-26-,32-31-. The summed E-state index contributed by atoms with van der Waals surface area (Å²) in [4.78, 5) is 35.8. The number of carbonyl (C=O) groups excluding carboxylic acids is 2. The van der Waals surface area contributed by atoms with E-state index >= 15 is 0 Å². The Bertz CT molecular complexity index is 1550. The maximum Gasteiger partial charge on any atom is 0.472 e. The minimum Gasteiger partial charge on any atom is -0.462 e. The van der Waals surface area contributed by atoms with Crippen LogP contribution in [0.1, 0.15) is 296 Å². The Hall–Kier alpha value is -2.55. The van der Waals surface area contributed by atoms with Crippen LogP contribution >= 0.6 is 7.82 Å². The van der Waals surface area contributed by atoms with E-state index in [-0.39, 0.29) is 32.0 Å². The molecule has 0 rings (SSSR count). The van der Waals surface area contributed by atoms with Crippen molar-refractivity contribution in [3.05, 3.63) is 72.9 Å². The molecule has 0 aliphatic rings. The van der Waals surface area contributed by atoms with Gasteiger partial charge in [0.25, 0.3) is 0 Å². The van der Waals surface area contributed by atoms with Gasteiger partial charge in [-0.3, -0.25) is 18.6 Å². The number of hydrogen-bond donors (Lipinski definition) is 1. The van der Waals surface area contributed by atoms with Gasteiger partial charge in [0.15, 0.2) is 6.10 Å². The molecule has 0 saturated heterocycles. The minimum atomic E-state index is -4.39. The first kappa shape index (κ1) is 75.5. The number of hydrogen-bond acceptors (Lipinski definition) is 7. The highest BCUT2D eigenvalue weighted by Crippen LogP contribution is 2.43. The molecule has 1 N–H and O–H groups in total. The van der Waals surface area contributed by atoms with Crippen LogP contribution in [0, 0.1) is 0 Å². The molecule has 0 aliphatic heterocycles. The molecule has 2 atom stereocenters. The van der Waals surface area contributed by atoms with Crippen molar-refractivity contribution >= 4 is 19.8 Å². The van der Waals surface area contributed by atoms with Crippen molar-refractivity contribution in [1.82, 2.24) is 0 Å². The first-order valence-electron chi connectivity index (χ1n) is 32.7. The summed E-state index contributed by atoms with van der Waals surface area (Å²) in [5.74, 6) is -0.789. The predicted molar refractivity (Wildman–Crippen MR) is 335 cm³/mol. The smallest absolute Gasteiger partial charge is 0.462 e. The summed E-state index contributed by atoms with van der Waals surface area (Å²) in [6.07, 6.45) is 78.4. The molecule has 0 aromatic rings. The second-order valence-corrected chi connectivity index (χ2v) is 24.6. The number of rotatable bonds is 60. The van der Waals surface area contributed by atoms with E-state index in [9.17, 15) is 19.0 Å². The van der Waals surface area contributed by atoms with Crippen LogP contribution in [0.4, 0.5) is 0 Å². The zero-order chi connectivity index (χ0) is 57.0. The fourth-order valence-electron chi connectivity index (χ4n) is 9.22. The molecule has 0 amide bonds. The van der Waals surface area contributed by atoms with Crippen LogP contribution in [0.15, 0.2) is 72.9 Å². The van der Waals surface area contributed by atoms with Crippen LogP contribution in [-0.4, -0.2) is 74.9 Å². The molecule has 0 saturated carbocycles. The van der Waals surface area contributed by atoms with Crippen molar-refractivity contribution in [2.45, 2.75) is 302 Å². The number of unbranched alkanes of at least 4 members (excludes halogenated alkanes) is 34. The Balaban J connectivity index is 4.07. The summed E-state index contributed by atoms with van der Waals surface area (Å²) in [5.41, 5.74) is 0. The summed E-state index contributed by atoms with van der Waals surface area (Å²) in [5, 5.41) is 0. The molecule has 78 heavy (non-hydrogen) atoms. The average molecular weight is 1120 g/mol. The third kappa shape index (κ3) is 62.6. The maximum atomic E-state index is 12.9. The van der Waals surface area contributed by atoms with Crippen LogP contribution < -0.4 is 0 Å². The third-order valence-corrected chi connectivity index (χ3v) is 15.2. The second kappa shape index (κ2) is 59.1. The zero-order valence-electron chi connectivity index (χ0n) is 51.6. The van der Waals surface area contributed by atoms with Gasteiger partial charge in [-0.25, -0.2) is 4.57 Å². The Morgan fingerprint density at radius 2 is 0.731 bits per heavy atom. The number of quaternary nitrogens is 1. The zero-order valence-corrected chi connectivity index (χ0v) is 52.5. The normalized spacial score (nSPS) is 13.7. The predicted octanol–water partition coefficient (Wildman–Crippen LogP) is 20.8. The van der Waals surface area contributed by atoms with Crippen molar-refractivity contribution in [3.63, 3.8) is 0 Å². The number of allylic oxidation sites excluding steroid dienone is 12. The van der Waals surface area contributed by atoms with E-state index in [0.717, 1.165) is 64.2 Å². The number of carbonyl (C=O) groups is 2. The molecule has 2 unspecified atom stereocenters. The van der Waals surface area contributed by atoms with E-state index in [2.05, 4.69) is 86.8 Å². The van der Waals surface area contributed by atoms with Crippen molar-refractivity contribution in [1.29, 1.82) is 0 Å². The molecule has 0 spiro atoms. The van der Waals surface area contributed by atoms with Crippen molar-refractivity contribution in [3.8, 4) is 0 Å². The summed E-state index contributed by atoms with van der Waals surface area (Å²) in [7, 11) is 1.48. The van der Waals surface area contributed by atoms with Gasteiger partial charge in [-0.15, -0.1) is 0 Å². The number of nitrogens with zero attached hydrogens (tertiary/aromatic N) is 1. The van der Waals surface area contributed by atoms with E-state index in [1.54, 1.807) is 0 Å². The molecular weight excluding hydrogens is 990 g/mol. The van der Waals surface area contributed by atoms with E-state index in [1.165, 1.54) is 199 Å². The molecule has 0 heterocycles. The van der Waals surface area contributed by atoms with Crippen LogP contribution in [0.2, 0.25) is 0 Å². The van der Waals surface area contributed by atoms with Crippen LogP contribution in [0.5, 0.6) is 0 Å². The molecular formula is C68H125NO8P+. The topological polar surface area (TPSA) is 108 Å². The SMILES string of the molecule is CC/C=C\C/C=C\C/C=C\C/C=C\C/C=C\CCCCCCCCCCCCCCCCCC(=O)OC(COC(=O)CCCCCCCCCCCCC/C=C\CCCCCCCCCC)COP(=O)(O)OCC[N+](C)(C)C. The molecule has 0 fully saturated rings. The first-order chi connectivity index (χ1) is 38.0. The molecule has 0 aliphatic carbocycles. The summed E-state index contributed by atoms with van der Waals surface area (Å²) in [6.45, 7) is 4.36. The molecule has 0 bridgehead atoms. The van der Waals surface area contributed by atoms with Gasteiger partial charge in [0.05, 0.1) is 27.7 Å². The molecule has 0 radical (unpaired) electrons. The minimum absolute atomic E-state index is 0.0309. The van der Waals surface area contributed by atoms with Crippen molar-refractivity contribution < 1.29 is 42.1 Å².